The summed E-state index contributed by atoms with van der Waals surface area (Å²) in [6.45, 7) is 0.0917. The Morgan fingerprint density at radius 2 is 1.96 bits per heavy atom. The lowest BCUT2D eigenvalue weighted by atomic mass is 10.2. The number of ether oxygens (including phenoxy) is 1. The van der Waals surface area contributed by atoms with Gasteiger partial charge < -0.3 is 9.26 Å². The van der Waals surface area contributed by atoms with Crippen LogP contribution in [-0.2, 0) is 16.4 Å². The fourth-order valence-electron chi connectivity index (χ4n) is 2.29. The lowest BCUT2D eigenvalue weighted by Gasteiger charge is -2.10. The van der Waals surface area contributed by atoms with Crippen molar-refractivity contribution in [3.63, 3.8) is 0 Å². The van der Waals surface area contributed by atoms with Crippen molar-refractivity contribution in [2.75, 3.05) is 13.7 Å². The quantitative estimate of drug-likeness (QED) is 0.663. The van der Waals surface area contributed by atoms with Gasteiger partial charge in [0.1, 0.15) is 10.6 Å². The normalized spacial score (nSPS) is 11.5. The van der Waals surface area contributed by atoms with E-state index >= 15 is 0 Å². The summed E-state index contributed by atoms with van der Waals surface area (Å²) >= 11 is 5.89. The molecule has 9 heteroatoms. The monoisotopic (exact) mass is 393 g/mol. The van der Waals surface area contributed by atoms with Crippen LogP contribution in [0, 0.1) is 0 Å². The van der Waals surface area contributed by atoms with Crippen LogP contribution in [0.15, 0.2) is 57.9 Å². The summed E-state index contributed by atoms with van der Waals surface area (Å²) in [6.07, 6.45) is 0.252. The maximum Gasteiger partial charge on any atom is 0.244 e. The molecular formula is C17H16ClN3O4S. The van der Waals surface area contributed by atoms with E-state index in [0.717, 1.165) is 5.56 Å². The number of sulfonamides is 1. The molecule has 0 aliphatic carbocycles. The number of nitrogens with one attached hydrogen (secondary N) is 1. The molecule has 0 saturated carbocycles. The molecule has 0 aliphatic rings. The molecule has 1 aromatic heterocycles. The Morgan fingerprint density at radius 3 is 2.69 bits per heavy atom. The summed E-state index contributed by atoms with van der Waals surface area (Å²) in [5.74, 6) is 1.01. The molecule has 1 N–H and O–H groups in total. The van der Waals surface area contributed by atoms with Gasteiger partial charge in [-0.1, -0.05) is 47.1 Å². The SMILES string of the molecule is COc1ccc(Cl)cc1S(=O)(=O)NCCc1nc(-c2ccccc2)no1. The molecule has 3 rings (SSSR count). The van der Waals surface area contributed by atoms with E-state index < -0.39 is 10.0 Å². The largest absolute Gasteiger partial charge is 0.495 e. The summed E-state index contributed by atoms with van der Waals surface area (Å²) in [5, 5.41) is 4.20. The minimum atomic E-state index is -3.79. The van der Waals surface area contributed by atoms with Crippen LogP contribution in [0.1, 0.15) is 5.89 Å². The minimum Gasteiger partial charge on any atom is -0.495 e. The number of methoxy groups -OCH3 is 1. The highest BCUT2D eigenvalue weighted by Crippen LogP contribution is 2.26. The minimum absolute atomic E-state index is 0.0250. The predicted octanol–water partition coefficient (Wildman–Crippen LogP) is 2.92. The van der Waals surface area contributed by atoms with Crippen molar-refractivity contribution in [3.05, 3.63) is 59.4 Å². The zero-order valence-electron chi connectivity index (χ0n) is 13.8. The summed E-state index contributed by atoms with van der Waals surface area (Å²) in [5.41, 5.74) is 0.826. The molecule has 0 aliphatic heterocycles. The van der Waals surface area contributed by atoms with Gasteiger partial charge >= 0.3 is 0 Å². The Labute approximate surface area is 156 Å². The van der Waals surface area contributed by atoms with Crippen LogP contribution in [0.5, 0.6) is 5.75 Å². The van der Waals surface area contributed by atoms with Crippen molar-refractivity contribution < 1.29 is 17.7 Å². The first-order valence-electron chi connectivity index (χ1n) is 7.71. The fourth-order valence-corrected chi connectivity index (χ4v) is 3.75. The van der Waals surface area contributed by atoms with E-state index in [1.165, 1.54) is 19.2 Å². The number of rotatable bonds is 7. The highest BCUT2D eigenvalue weighted by Gasteiger charge is 2.20. The molecule has 2 aromatic carbocycles. The van der Waals surface area contributed by atoms with Crippen LogP contribution < -0.4 is 9.46 Å². The van der Waals surface area contributed by atoms with E-state index in [2.05, 4.69) is 14.9 Å². The van der Waals surface area contributed by atoms with Gasteiger partial charge in [-0.2, -0.15) is 4.98 Å². The maximum absolute atomic E-state index is 12.5. The molecule has 3 aromatic rings. The van der Waals surface area contributed by atoms with Gasteiger partial charge in [0.2, 0.25) is 21.7 Å². The van der Waals surface area contributed by atoms with E-state index in [9.17, 15) is 8.42 Å². The molecule has 26 heavy (non-hydrogen) atoms. The van der Waals surface area contributed by atoms with Crippen molar-refractivity contribution in [1.29, 1.82) is 0 Å². The van der Waals surface area contributed by atoms with Crippen LogP contribution in [0.25, 0.3) is 11.4 Å². The van der Waals surface area contributed by atoms with Gasteiger partial charge in [-0.15, -0.1) is 0 Å². The lowest BCUT2D eigenvalue weighted by Crippen LogP contribution is -2.26. The van der Waals surface area contributed by atoms with E-state index in [-0.39, 0.29) is 23.6 Å². The van der Waals surface area contributed by atoms with Gasteiger partial charge in [-0.25, -0.2) is 13.1 Å². The number of hydrogen-bond donors (Lipinski definition) is 1. The third-order valence-corrected chi connectivity index (χ3v) is 5.26. The highest BCUT2D eigenvalue weighted by molar-refractivity contribution is 7.89. The average molecular weight is 394 g/mol. The van der Waals surface area contributed by atoms with E-state index in [1.54, 1.807) is 6.07 Å². The van der Waals surface area contributed by atoms with Crippen LogP contribution in [0.2, 0.25) is 5.02 Å². The Morgan fingerprint density at radius 1 is 1.19 bits per heavy atom. The van der Waals surface area contributed by atoms with Crippen molar-refractivity contribution in [2.45, 2.75) is 11.3 Å². The summed E-state index contributed by atoms with van der Waals surface area (Å²) in [4.78, 5) is 4.24. The summed E-state index contributed by atoms with van der Waals surface area (Å²) < 4.78 is 37.7. The second kappa shape index (κ2) is 7.86. The van der Waals surface area contributed by atoms with Gasteiger partial charge in [0.05, 0.1) is 7.11 Å². The first kappa shape index (κ1) is 18.4. The third kappa shape index (κ3) is 4.21. The number of aromatic nitrogens is 2. The molecule has 0 unspecified atom stereocenters. The van der Waals surface area contributed by atoms with Gasteiger partial charge in [-0.3, -0.25) is 0 Å². The fraction of sp³-hybridized carbons (Fsp3) is 0.176. The first-order valence-corrected chi connectivity index (χ1v) is 9.57. The molecule has 0 spiro atoms. The molecule has 0 fully saturated rings. The number of benzene rings is 2. The number of halogens is 1. The smallest absolute Gasteiger partial charge is 0.244 e. The number of hydrogen-bond acceptors (Lipinski definition) is 6. The Balaban J connectivity index is 1.66. The molecule has 0 amide bonds. The van der Waals surface area contributed by atoms with Crippen molar-refractivity contribution in [3.8, 4) is 17.1 Å². The van der Waals surface area contributed by atoms with Gasteiger partial charge in [0.15, 0.2) is 0 Å². The lowest BCUT2D eigenvalue weighted by molar-refractivity contribution is 0.378. The van der Waals surface area contributed by atoms with Crippen LogP contribution in [0.3, 0.4) is 0 Å². The predicted molar refractivity (Wildman–Crippen MR) is 96.6 cm³/mol. The molecule has 0 bridgehead atoms. The van der Waals surface area contributed by atoms with Crippen molar-refractivity contribution in [2.24, 2.45) is 0 Å². The van der Waals surface area contributed by atoms with Gasteiger partial charge in [0.25, 0.3) is 0 Å². The molecular weight excluding hydrogens is 378 g/mol. The topological polar surface area (TPSA) is 94.3 Å². The summed E-state index contributed by atoms with van der Waals surface area (Å²) in [7, 11) is -2.40. The molecule has 136 valence electrons. The molecule has 0 saturated heterocycles. The average Bonchev–Trinajstić information content (AvgIpc) is 3.11. The Hall–Kier alpha value is -2.42. The van der Waals surface area contributed by atoms with E-state index in [4.69, 9.17) is 20.9 Å². The van der Waals surface area contributed by atoms with Gasteiger partial charge in [-0.05, 0) is 18.2 Å². The second-order valence-electron chi connectivity index (χ2n) is 5.32. The Bertz CT molecular complexity index is 990. The Kier molecular flexibility index (Phi) is 5.55. The van der Waals surface area contributed by atoms with E-state index in [1.807, 2.05) is 30.3 Å². The summed E-state index contributed by atoms with van der Waals surface area (Å²) in [6, 6.07) is 13.8. The van der Waals surface area contributed by atoms with Crippen molar-refractivity contribution in [1.82, 2.24) is 14.9 Å². The zero-order chi connectivity index (χ0) is 18.6. The zero-order valence-corrected chi connectivity index (χ0v) is 15.4. The first-order chi connectivity index (χ1) is 12.5. The standard InChI is InChI=1S/C17H16ClN3O4S/c1-24-14-8-7-13(18)11-15(14)26(22,23)19-10-9-16-20-17(21-25-16)12-5-3-2-4-6-12/h2-8,11,19H,9-10H2,1H3. The van der Waals surface area contributed by atoms with Crippen LogP contribution in [0.4, 0.5) is 0 Å². The molecule has 1 heterocycles. The molecule has 7 nitrogen and oxygen atoms in total. The van der Waals surface area contributed by atoms with Crippen molar-refractivity contribution >= 4 is 21.6 Å². The molecule has 0 radical (unpaired) electrons. The van der Waals surface area contributed by atoms with Crippen LogP contribution >= 0.6 is 11.6 Å². The van der Waals surface area contributed by atoms with Gasteiger partial charge in [0, 0.05) is 23.6 Å². The molecule has 0 atom stereocenters. The third-order valence-electron chi connectivity index (χ3n) is 3.55. The highest BCUT2D eigenvalue weighted by atomic mass is 35.5. The van der Waals surface area contributed by atoms with E-state index in [0.29, 0.717) is 16.7 Å². The maximum atomic E-state index is 12.5. The number of nitrogens with zero attached hydrogens (tertiary/aromatic N) is 2. The van der Waals surface area contributed by atoms with Crippen LogP contribution in [-0.4, -0.2) is 32.2 Å². The second-order valence-corrected chi connectivity index (χ2v) is 7.49.